The summed E-state index contributed by atoms with van der Waals surface area (Å²) >= 11 is 0. The topological polar surface area (TPSA) is 46.5 Å². The molecule has 1 N–H and O–H groups in total. The van der Waals surface area contributed by atoms with E-state index in [1.54, 1.807) is 24.3 Å². The molecule has 14 heavy (non-hydrogen) atoms. The highest BCUT2D eigenvalue weighted by molar-refractivity contribution is 5.90. The minimum Gasteiger partial charge on any atom is -0.423 e. The van der Waals surface area contributed by atoms with Crippen LogP contribution in [0.25, 0.3) is 0 Å². The third kappa shape index (κ3) is 2.71. The van der Waals surface area contributed by atoms with Crippen LogP contribution >= 0.6 is 0 Å². The predicted molar refractivity (Wildman–Crippen MR) is 52.9 cm³/mol. The first kappa shape index (κ1) is 10.5. The number of rotatable bonds is 3. The van der Waals surface area contributed by atoms with Crippen LogP contribution in [0.1, 0.15) is 6.92 Å². The van der Waals surface area contributed by atoms with E-state index in [1.807, 2.05) is 6.07 Å². The Morgan fingerprint density at radius 3 is 2.50 bits per heavy atom. The lowest BCUT2D eigenvalue weighted by Crippen LogP contribution is -2.18. The van der Waals surface area contributed by atoms with Gasteiger partial charge in [0.1, 0.15) is 5.75 Å². The van der Waals surface area contributed by atoms with Gasteiger partial charge >= 0.3 is 5.97 Å². The molecule has 1 unspecified atom stereocenters. The van der Waals surface area contributed by atoms with E-state index >= 15 is 0 Å². The fourth-order valence-corrected chi connectivity index (χ4v) is 0.832. The van der Waals surface area contributed by atoms with E-state index in [0.29, 0.717) is 5.75 Å². The summed E-state index contributed by atoms with van der Waals surface area (Å²) in [6.45, 7) is 4.89. The lowest BCUT2D eigenvalue weighted by atomic mass is 10.2. The van der Waals surface area contributed by atoms with Crippen molar-refractivity contribution in [1.82, 2.24) is 0 Å². The van der Waals surface area contributed by atoms with Crippen LogP contribution in [0.5, 0.6) is 5.75 Å². The van der Waals surface area contributed by atoms with Gasteiger partial charge in [-0.2, -0.15) is 0 Å². The Kier molecular flexibility index (Phi) is 3.42. The number of esters is 1. The summed E-state index contributed by atoms with van der Waals surface area (Å²) in [5, 5.41) is 9.07. The zero-order chi connectivity index (χ0) is 10.6. The molecule has 0 aliphatic heterocycles. The number of ether oxygens (including phenoxy) is 1. The lowest BCUT2D eigenvalue weighted by molar-refractivity contribution is -0.131. The van der Waals surface area contributed by atoms with E-state index < -0.39 is 12.1 Å². The van der Waals surface area contributed by atoms with Crippen LogP contribution in [0, 0.1) is 0 Å². The number of para-hydroxylation sites is 1. The third-order valence-corrected chi connectivity index (χ3v) is 1.72. The minimum atomic E-state index is -0.883. The maximum absolute atomic E-state index is 11.3. The van der Waals surface area contributed by atoms with Crippen LogP contribution < -0.4 is 4.74 Å². The molecule has 0 aliphatic rings. The zero-order valence-electron chi connectivity index (χ0n) is 7.93. The molecule has 0 aliphatic carbocycles. The molecular formula is C11H12O3. The molecule has 0 saturated carbocycles. The fourth-order valence-electron chi connectivity index (χ4n) is 0.832. The highest BCUT2D eigenvalue weighted by Crippen LogP contribution is 2.11. The van der Waals surface area contributed by atoms with E-state index in [2.05, 4.69) is 6.58 Å². The van der Waals surface area contributed by atoms with Gasteiger partial charge in [-0.1, -0.05) is 24.8 Å². The van der Waals surface area contributed by atoms with Crippen LogP contribution in [0.2, 0.25) is 0 Å². The second kappa shape index (κ2) is 4.58. The summed E-state index contributed by atoms with van der Waals surface area (Å²) in [5.41, 5.74) is 0.0499. The first-order valence-corrected chi connectivity index (χ1v) is 4.25. The van der Waals surface area contributed by atoms with Crippen molar-refractivity contribution in [2.24, 2.45) is 0 Å². The Hall–Kier alpha value is -1.61. The van der Waals surface area contributed by atoms with Crippen LogP contribution in [-0.4, -0.2) is 17.2 Å². The normalized spacial score (nSPS) is 11.9. The van der Waals surface area contributed by atoms with Gasteiger partial charge in [-0.25, -0.2) is 4.79 Å². The number of aliphatic hydroxyl groups is 1. The highest BCUT2D eigenvalue weighted by Gasteiger charge is 2.13. The van der Waals surface area contributed by atoms with Crippen molar-refractivity contribution < 1.29 is 14.6 Å². The smallest absolute Gasteiger partial charge is 0.341 e. The predicted octanol–water partition coefficient (Wildman–Crippen LogP) is 1.53. The number of hydrogen-bond acceptors (Lipinski definition) is 3. The standard InChI is InChI=1S/C11H12O3/c1-8(9(2)12)11(13)14-10-6-4-3-5-7-10/h3-7,9,12H,1H2,2H3. The Morgan fingerprint density at radius 2 is 2.00 bits per heavy atom. The maximum Gasteiger partial charge on any atom is 0.341 e. The first-order chi connectivity index (χ1) is 6.61. The SMILES string of the molecule is C=C(C(=O)Oc1ccccc1)C(C)O. The summed E-state index contributed by atoms with van der Waals surface area (Å²) in [6, 6.07) is 8.66. The minimum absolute atomic E-state index is 0.0499. The molecule has 1 aromatic rings. The molecule has 0 bridgehead atoms. The van der Waals surface area contributed by atoms with E-state index in [1.165, 1.54) is 6.92 Å². The second-order valence-corrected chi connectivity index (χ2v) is 2.90. The zero-order valence-corrected chi connectivity index (χ0v) is 7.93. The number of benzene rings is 1. The van der Waals surface area contributed by atoms with E-state index in [9.17, 15) is 4.79 Å². The van der Waals surface area contributed by atoms with E-state index in [0.717, 1.165) is 0 Å². The van der Waals surface area contributed by atoms with Crippen LogP contribution in [0.4, 0.5) is 0 Å². The molecular weight excluding hydrogens is 180 g/mol. The molecule has 1 rings (SSSR count). The molecule has 0 saturated heterocycles. The summed E-state index contributed by atoms with van der Waals surface area (Å²) < 4.78 is 4.94. The fraction of sp³-hybridized carbons (Fsp3) is 0.182. The van der Waals surface area contributed by atoms with Crippen molar-refractivity contribution in [1.29, 1.82) is 0 Å². The van der Waals surface area contributed by atoms with Crippen molar-refractivity contribution in [2.45, 2.75) is 13.0 Å². The van der Waals surface area contributed by atoms with Crippen LogP contribution in [0.15, 0.2) is 42.5 Å². The van der Waals surface area contributed by atoms with Gasteiger partial charge < -0.3 is 9.84 Å². The average Bonchev–Trinajstić information content (AvgIpc) is 2.18. The van der Waals surface area contributed by atoms with Crippen LogP contribution in [0.3, 0.4) is 0 Å². The van der Waals surface area contributed by atoms with Crippen molar-refractivity contribution in [3.8, 4) is 5.75 Å². The van der Waals surface area contributed by atoms with Gasteiger partial charge in [0, 0.05) is 0 Å². The molecule has 0 heterocycles. The number of aliphatic hydroxyl groups excluding tert-OH is 1. The number of carbonyl (C=O) groups is 1. The van der Waals surface area contributed by atoms with E-state index in [-0.39, 0.29) is 5.57 Å². The average molecular weight is 192 g/mol. The molecule has 0 spiro atoms. The summed E-state index contributed by atoms with van der Waals surface area (Å²) in [7, 11) is 0. The summed E-state index contributed by atoms with van der Waals surface area (Å²) in [4.78, 5) is 11.3. The highest BCUT2D eigenvalue weighted by atomic mass is 16.5. The number of carbonyl (C=O) groups excluding carboxylic acids is 1. The lowest BCUT2D eigenvalue weighted by Gasteiger charge is -2.07. The van der Waals surface area contributed by atoms with Gasteiger partial charge in [-0.15, -0.1) is 0 Å². The van der Waals surface area contributed by atoms with Crippen molar-refractivity contribution in [3.63, 3.8) is 0 Å². The molecule has 0 radical (unpaired) electrons. The maximum atomic E-state index is 11.3. The van der Waals surface area contributed by atoms with Crippen molar-refractivity contribution in [3.05, 3.63) is 42.5 Å². The van der Waals surface area contributed by atoms with Gasteiger partial charge in [0.2, 0.25) is 0 Å². The Labute approximate surface area is 82.6 Å². The quantitative estimate of drug-likeness (QED) is 0.449. The Bertz CT molecular complexity index is 328. The van der Waals surface area contributed by atoms with Crippen molar-refractivity contribution >= 4 is 5.97 Å². The molecule has 1 aromatic carbocycles. The Balaban J connectivity index is 2.63. The molecule has 1 atom stereocenters. The van der Waals surface area contributed by atoms with Crippen molar-refractivity contribution in [2.75, 3.05) is 0 Å². The molecule has 0 amide bonds. The van der Waals surface area contributed by atoms with Gasteiger partial charge in [-0.05, 0) is 19.1 Å². The Morgan fingerprint density at radius 1 is 1.43 bits per heavy atom. The molecule has 3 heteroatoms. The van der Waals surface area contributed by atoms with Gasteiger partial charge in [-0.3, -0.25) is 0 Å². The largest absolute Gasteiger partial charge is 0.423 e. The second-order valence-electron chi connectivity index (χ2n) is 2.90. The van der Waals surface area contributed by atoms with E-state index in [4.69, 9.17) is 9.84 Å². The van der Waals surface area contributed by atoms with Gasteiger partial charge in [0.15, 0.2) is 0 Å². The van der Waals surface area contributed by atoms with Gasteiger partial charge in [0.05, 0.1) is 11.7 Å². The van der Waals surface area contributed by atoms with Crippen LogP contribution in [-0.2, 0) is 4.79 Å². The molecule has 74 valence electrons. The monoisotopic (exact) mass is 192 g/mol. The molecule has 0 aromatic heterocycles. The first-order valence-electron chi connectivity index (χ1n) is 4.25. The summed E-state index contributed by atoms with van der Waals surface area (Å²) in [5.74, 6) is -0.162. The van der Waals surface area contributed by atoms with Gasteiger partial charge in [0.25, 0.3) is 0 Å². The number of hydrogen-bond donors (Lipinski definition) is 1. The summed E-state index contributed by atoms with van der Waals surface area (Å²) in [6.07, 6.45) is -0.883. The third-order valence-electron chi connectivity index (χ3n) is 1.72. The molecule has 3 nitrogen and oxygen atoms in total. The molecule has 0 fully saturated rings.